The quantitative estimate of drug-likeness (QED) is 0.0301. The van der Waals surface area contributed by atoms with Crippen LogP contribution in [0.15, 0.2) is 137 Å². The third kappa shape index (κ3) is 11.3. The van der Waals surface area contributed by atoms with E-state index in [-0.39, 0.29) is 32.2 Å². The van der Waals surface area contributed by atoms with Gasteiger partial charge in [-0.25, -0.2) is 14.0 Å². The fourth-order valence-electron chi connectivity index (χ4n) is 4.27. The van der Waals surface area contributed by atoms with E-state index < -0.39 is 17.8 Å². The number of carbonyl (C=O) groups excluding carboxylic acids is 2. The number of carbonyl (C=O) groups is 2. The molecule has 0 aliphatic heterocycles. The average Bonchev–Trinajstić information content (AvgIpc) is 3.56. The van der Waals surface area contributed by atoms with E-state index in [1.807, 2.05) is 48.5 Å². The maximum atomic E-state index is 14.5. The first kappa shape index (κ1) is 35.9. The molecule has 260 valence electrons. The summed E-state index contributed by atoms with van der Waals surface area (Å²) in [6.45, 7) is 7.51. The third-order valence-electron chi connectivity index (χ3n) is 6.77. The predicted molar refractivity (Wildman–Crippen MR) is 195 cm³/mol. The number of nitrogens with zero attached hydrogens (tertiary/aromatic N) is 4. The molecular weight excluding hydrogens is 676 g/mol. The first-order valence-electron chi connectivity index (χ1n) is 15.6. The molecule has 0 fully saturated rings. The summed E-state index contributed by atoms with van der Waals surface area (Å²) in [5, 5.41) is 25.1. The Kier molecular flexibility index (Phi) is 12.9. The Bertz CT molecular complexity index is 2010. The zero-order chi connectivity index (χ0) is 35.8. The van der Waals surface area contributed by atoms with Gasteiger partial charge < -0.3 is 29.6 Å². The van der Waals surface area contributed by atoms with Crippen LogP contribution in [0, 0.1) is 5.82 Å². The number of rotatable bonds is 18. The van der Waals surface area contributed by atoms with Crippen LogP contribution in [-0.2, 0) is 19.1 Å². The number of esters is 2. The summed E-state index contributed by atoms with van der Waals surface area (Å²) < 4.78 is 35.9. The molecular formula is C37H33FN6O6S. The molecule has 4 aromatic carbocycles. The van der Waals surface area contributed by atoms with Crippen molar-refractivity contribution in [1.29, 1.82) is 0 Å². The monoisotopic (exact) mass is 708 g/mol. The van der Waals surface area contributed by atoms with Crippen molar-refractivity contribution in [2.75, 3.05) is 43.7 Å². The highest BCUT2D eigenvalue weighted by Crippen LogP contribution is 2.36. The predicted octanol–water partition coefficient (Wildman–Crippen LogP) is 9.57. The van der Waals surface area contributed by atoms with Gasteiger partial charge in [-0.15, -0.1) is 21.6 Å². The molecule has 0 aliphatic carbocycles. The van der Waals surface area contributed by atoms with Gasteiger partial charge >= 0.3 is 11.9 Å². The molecule has 0 saturated carbocycles. The van der Waals surface area contributed by atoms with Crippen molar-refractivity contribution in [2.24, 2.45) is 20.5 Å². The number of azo groups is 2. The number of fused-ring (bicyclic) bond motifs is 1. The molecule has 2 N–H and O–H groups in total. The Morgan fingerprint density at radius 2 is 1.18 bits per heavy atom. The van der Waals surface area contributed by atoms with Gasteiger partial charge in [0, 0.05) is 34.3 Å². The van der Waals surface area contributed by atoms with Crippen LogP contribution < -0.4 is 20.1 Å². The van der Waals surface area contributed by atoms with Crippen LogP contribution >= 0.6 is 11.3 Å². The van der Waals surface area contributed by atoms with Gasteiger partial charge in [0.25, 0.3) is 0 Å². The van der Waals surface area contributed by atoms with Crippen LogP contribution in [0.4, 0.5) is 37.8 Å². The van der Waals surface area contributed by atoms with Gasteiger partial charge in [0.1, 0.15) is 37.2 Å². The summed E-state index contributed by atoms with van der Waals surface area (Å²) in [5.74, 6) is -0.884. The lowest BCUT2D eigenvalue weighted by molar-refractivity contribution is -0.139. The number of benzene rings is 4. The zero-order valence-electron chi connectivity index (χ0n) is 27.3. The third-order valence-corrected chi connectivity index (χ3v) is 7.76. The Hall–Kier alpha value is -6.41. The molecule has 0 saturated heterocycles. The molecule has 0 spiro atoms. The van der Waals surface area contributed by atoms with Gasteiger partial charge in [-0.05, 0) is 90.3 Å². The van der Waals surface area contributed by atoms with Crippen LogP contribution in [0.2, 0.25) is 0 Å². The fourth-order valence-corrected chi connectivity index (χ4v) is 5.17. The largest absolute Gasteiger partial charge is 0.490 e. The van der Waals surface area contributed by atoms with E-state index in [9.17, 15) is 14.0 Å². The van der Waals surface area contributed by atoms with Gasteiger partial charge in [-0.3, -0.25) is 0 Å². The standard InChI is InChI=1S/C37H33FN6O6S/c1-3-36(45)49-19-17-47-31-15-13-30(14-16-31)42-41-28-9-5-26(6-10-28)39-24-40-27-7-11-29(12-8-27)43-44-35-22-25-21-32(38)33(23-34(25)51-35)48-18-20-50-37(46)4-2/h3-16,21-23,39-40H,1-2,17-20,24H2/b42-41+,44-43+. The van der Waals surface area contributed by atoms with E-state index in [1.165, 1.54) is 17.4 Å². The first-order chi connectivity index (χ1) is 24.9. The summed E-state index contributed by atoms with van der Waals surface area (Å²) in [6.07, 6.45) is 2.16. The van der Waals surface area contributed by atoms with Crippen LogP contribution in [-0.4, -0.2) is 45.0 Å². The number of hydrogen-bond acceptors (Lipinski definition) is 13. The zero-order valence-corrected chi connectivity index (χ0v) is 28.1. The van der Waals surface area contributed by atoms with Gasteiger partial charge in [0.05, 0.1) is 23.7 Å². The molecule has 0 bridgehead atoms. The maximum Gasteiger partial charge on any atom is 0.330 e. The average molecular weight is 709 g/mol. The van der Waals surface area contributed by atoms with E-state index in [0.717, 1.165) is 28.2 Å². The molecule has 5 rings (SSSR count). The van der Waals surface area contributed by atoms with Crippen molar-refractivity contribution in [3.63, 3.8) is 0 Å². The highest BCUT2D eigenvalue weighted by atomic mass is 32.1. The second-order valence-corrected chi connectivity index (χ2v) is 11.4. The maximum absolute atomic E-state index is 14.5. The normalized spacial score (nSPS) is 11.0. The van der Waals surface area contributed by atoms with Crippen molar-refractivity contribution in [1.82, 2.24) is 0 Å². The van der Waals surface area contributed by atoms with Crippen molar-refractivity contribution in [3.8, 4) is 11.5 Å². The molecule has 0 aliphatic rings. The van der Waals surface area contributed by atoms with E-state index >= 15 is 0 Å². The number of nitrogens with one attached hydrogen (secondary N) is 2. The number of ether oxygens (including phenoxy) is 4. The minimum Gasteiger partial charge on any atom is -0.490 e. The van der Waals surface area contributed by atoms with Crippen LogP contribution in [0.1, 0.15) is 0 Å². The molecule has 1 aromatic heterocycles. The lowest BCUT2D eigenvalue weighted by Gasteiger charge is -2.09. The van der Waals surface area contributed by atoms with Crippen molar-refractivity contribution >= 4 is 66.8 Å². The molecule has 5 aromatic rings. The Morgan fingerprint density at radius 1 is 0.667 bits per heavy atom. The first-order valence-corrected chi connectivity index (χ1v) is 16.4. The van der Waals surface area contributed by atoms with Crippen LogP contribution in [0.3, 0.4) is 0 Å². The summed E-state index contributed by atoms with van der Waals surface area (Å²) >= 11 is 1.35. The van der Waals surface area contributed by atoms with E-state index in [4.69, 9.17) is 18.9 Å². The van der Waals surface area contributed by atoms with Crippen LogP contribution in [0.5, 0.6) is 11.5 Å². The van der Waals surface area contributed by atoms with Crippen molar-refractivity contribution < 1.29 is 32.9 Å². The molecule has 14 heteroatoms. The molecule has 0 radical (unpaired) electrons. The fraction of sp³-hybridized carbons (Fsp3) is 0.135. The van der Waals surface area contributed by atoms with Crippen molar-refractivity contribution in [3.05, 3.63) is 122 Å². The lowest BCUT2D eigenvalue weighted by atomic mass is 10.2. The molecule has 1 heterocycles. The Morgan fingerprint density at radius 3 is 1.73 bits per heavy atom. The van der Waals surface area contributed by atoms with E-state index in [1.54, 1.807) is 36.4 Å². The highest BCUT2D eigenvalue weighted by molar-refractivity contribution is 7.22. The molecule has 0 amide bonds. The number of thiophene rings is 1. The highest BCUT2D eigenvalue weighted by Gasteiger charge is 2.10. The van der Waals surface area contributed by atoms with E-state index in [2.05, 4.69) is 44.2 Å². The van der Waals surface area contributed by atoms with E-state index in [0.29, 0.717) is 39.9 Å². The Balaban J connectivity index is 1.04. The lowest BCUT2D eigenvalue weighted by Crippen LogP contribution is -2.11. The van der Waals surface area contributed by atoms with Crippen molar-refractivity contribution in [2.45, 2.75) is 0 Å². The summed E-state index contributed by atoms with van der Waals surface area (Å²) in [5.41, 5.74) is 3.82. The second kappa shape index (κ2) is 18.4. The smallest absolute Gasteiger partial charge is 0.330 e. The van der Waals surface area contributed by atoms with Gasteiger partial charge in [-0.1, -0.05) is 13.2 Å². The Labute approximate surface area is 296 Å². The van der Waals surface area contributed by atoms with Gasteiger partial charge in [0.15, 0.2) is 11.6 Å². The number of anilines is 2. The number of halogens is 1. The summed E-state index contributed by atoms with van der Waals surface area (Å²) in [6, 6.07) is 26.8. The topological polar surface area (TPSA) is 145 Å². The summed E-state index contributed by atoms with van der Waals surface area (Å²) in [7, 11) is 0. The molecule has 0 unspecified atom stereocenters. The van der Waals surface area contributed by atoms with Gasteiger partial charge in [0.2, 0.25) is 0 Å². The molecule has 0 atom stereocenters. The minimum absolute atomic E-state index is 0.0129. The van der Waals surface area contributed by atoms with Gasteiger partial charge in [-0.2, -0.15) is 10.2 Å². The molecule has 51 heavy (non-hydrogen) atoms. The number of hydrogen-bond donors (Lipinski definition) is 2. The summed E-state index contributed by atoms with van der Waals surface area (Å²) in [4.78, 5) is 22.2. The molecule has 12 nitrogen and oxygen atoms in total. The van der Waals surface area contributed by atoms with Crippen LogP contribution in [0.25, 0.3) is 10.1 Å². The SMILES string of the molecule is C=CC(=O)OCCOc1ccc(/N=N/c2ccc(NCNc3ccc(/N=N/c4cc5cc(F)c(OCCOC(=O)C=C)cc5s4)cc3)cc2)cc1. The minimum atomic E-state index is -0.567. The second-order valence-electron chi connectivity index (χ2n) is 10.4.